The van der Waals surface area contributed by atoms with Gasteiger partial charge in [-0.2, -0.15) is 5.10 Å². The number of benzene rings is 1. The molecule has 0 radical (unpaired) electrons. The molecule has 0 bridgehead atoms. The van der Waals surface area contributed by atoms with Gasteiger partial charge in [0.05, 0.1) is 0 Å². The quantitative estimate of drug-likeness (QED) is 0.323. The summed E-state index contributed by atoms with van der Waals surface area (Å²) in [4.78, 5) is 0. The summed E-state index contributed by atoms with van der Waals surface area (Å²) in [6.45, 7) is 3.76. The molecule has 1 aromatic rings. The fourth-order valence-electron chi connectivity index (χ4n) is 1.18. The van der Waals surface area contributed by atoms with Crippen molar-refractivity contribution >= 4 is 5.84 Å². The number of rotatable bonds is 2. The zero-order valence-electron chi connectivity index (χ0n) is 8.29. The number of hydrazone groups is 1. The molecular weight excluding hydrogens is 181 g/mol. The zero-order valence-corrected chi connectivity index (χ0v) is 8.29. The van der Waals surface area contributed by atoms with Gasteiger partial charge in [0.1, 0.15) is 11.7 Å². The minimum absolute atomic E-state index is 0.271. The molecular formula is C10H14FN3. The van der Waals surface area contributed by atoms with E-state index in [1.54, 1.807) is 12.1 Å². The van der Waals surface area contributed by atoms with E-state index in [2.05, 4.69) is 5.10 Å². The molecule has 4 N–H and O–H groups in total. The highest BCUT2D eigenvalue weighted by molar-refractivity contribution is 5.90. The summed E-state index contributed by atoms with van der Waals surface area (Å²) in [5, 5.41) is 3.46. The van der Waals surface area contributed by atoms with Crippen LogP contribution in [0.2, 0.25) is 0 Å². The van der Waals surface area contributed by atoms with Crippen LogP contribution in [0.3, 0.4) is 0 Å². The van der Waals surface area contributed by atoms with Crippen molar-refractivity contribution in [1.29, 1.82) is 0 Å². The van der Waals surface area contributed by atoms with E-state index >= 15 is 0 Å². The maximum Gasteiger partial charge on any atom is 0.129 e. The molecule has 0 aliphatic heterocycles. The summed E-state index contributed by atoms with van der Waals surface area (Å²) >= 11 is 0. The number of nitrogens with two attached hydrogens (primary N) is 2. The van der Waals surface area contributed by atoms with Crippen molar-refractivity contribution in [2.75, 3.05) is 0 Å². The van der Waals surface area contributed by atoms with Gasteiger partial charge in [-0.1, -0.05) is 12.1 Å². The van der Waals surface area contributed by atoms with Crippen LogP contribution in [-0.2, 0) is 5.41 Å². The Balaban J connectivity index is 3.10. The molecule has 0 fully saturated rings. The van der Waals surface area contributed by atoms with Gasteiger partial charge in [-0.15, -0.1) is 0 Å². The van der Waals surface area contributed by atoms with Gasteiger partial charge in [0, 0.05) is 5.41 Å². The molecule has 0 amide bonds. The van der Waals surface area contributed by atoms with E-state index in [0.29, 0.717) is 5.84 Å². The van der Waals surface area contributed by atoms with Crippen LogP contribution in [0.25, 0.3) is 0 Å². The molecule has 0 saturated carbocycles. The normalized spacial score (nSPS) is 12.9. The lowest BCUT2D eigenvalue weighted by atomic mass is 9.83. The Morgan fingerprint density at radius 2 is 1.79 bits per heavy atom. The number of halogens is 1. The molecule has 0 heterocycles. The first-order valence-corrected chi connectivity index (χ1v) is 4.28. The lowest BCUT2D eigenvalue weighted by Gasteiger charge is -2.23. The van der Waals surface area contributed by atoms with Gasteiger partial charge in [0.25, 0.3) is 0 Å². The van der Waals surface area contributed by atoms with Gasteiger partial charge < -0.3 is 11.6 Å². The van der Waals surface area contributed by atoms with Gasteiger partial charge in [0.15, 0.2) is 0 Å². The van der Waals surface area contributed by atoms with Gasteiger partial charge in [-0.3, -0.25) is 0 Å². The summed E-state index contributed by atoms with van der Waals surface area (Å²) in [7, 11) is 0. The van der Waals surface area contributed by atoms with Crippen LogP contribution >= 0.6 is 0 Å². The van der Waals surface area contributed by atoms with E-state index in [1.807, 2.05) is 13.8 Å². The lowest BCUT2D eigenvalue weighted by Crippen LogP contribution is -2.36. The highest BCUT2D eigenvalue weighted by Gasteiger charge is 2.25. The Labute approximate surface area is 82.6 Å². The molecule has 1 aromatic carbocycles. The first kappa shape index (κ1) is 10.5. The van der Waals surface area contributed by atoms with Crippen molar-refractivity contribution in [1.82, 2.24) is 0 Å². The first-order valence-electron chi connectivity index (χ1n) is 4.28. The predicted octanol–water partition coefficient (Wildman–Crippen LogP) is 1.33. The van der Waals surface area contributed by atoms with Crippen molar-refractivity contribution in [3.05, 3.63) is 35.6 Å². The van der Waals surface area contributed by atoms with Crippen LogP contribution in [0.15, 0.2) is 29.4 Å². The zero-order chi connectivity index (χ0) is 10.8. The van der Waals surface area contributed by atoms with Crippen LogP contribution in [-0.4, -0.2) is 5.84 Å². The molecule has 0 saturated heterocycles. The van der Waals surface area contributed by atoms with Gasteiger partial charge >= 0.3 is 0 Å². The number of amidine groups is 1. The third-order valence-corrected chi connectivity index (χ3v) is 2.35. The molecule has 4 heteroatoms. The molecule has 0 aliphatic rings. The van der Waals surface area contributed by atoms with Crippen LogP contribution in [0.5, 0.6) is 0 Å². The Morgan fingerprint density at radius 3 is 2.21 bits per heavy atom. The monoisotopic (exact) mass is 195 g/mol. The van der Waals surface area contributed by atoms with E-state index in [9.17, 15) is 4.39 Å². The highest BCUT2D eigenvalue weighted by Crippen LogP contribution is 2.23. The van der Waals surface area contributed by atoms with Crippen LogP contribution in [0.1, 0.15) is 19.4 Å². The topological polar surface area (TPSA) is 64.4 Å². The molecule has 0 spiro atoms. The number of nitrogens with zero attached hydrogens (tertiary/aromatic N) is 1. The van der Waals surface area contributed by atoms with Gasteiger partial charge in [-0.25, -0.2) is 4.39 Å². The first-order chi connectivity index (χ1) is 6.48. The van der Waals surface area contributed by atoms with Crippen LogP contribution in [0, 0.1) is 5.82 Å². The summed E-state index contributed by atoms with van der Waals surface area (Å²) in [6, 6.07) is 6.13. The second-order valence-electron chi connectivity index (χ2n) is 3.65. The molecule has 1 rings (SSSR count). The predicted molar refractivity (Wildman–Crippen MR) is 55.2 cm³/mol. The Bertz CT molecular complexity index is 341. The smallest absolute Gasteiger partial charge is 0.129 e. The van der Waals surface area contributed by atoms with Gasteiger partial charge in [-0.05, 0) is 31.5 Å². The minimum Gasteiger partial charge on any atom is -0.385 e. The second-order valence-corrected chi connectivity index (χ2v) is 3.65. The molecule has 0 unspecified atom stereocenters. The molecule has 76 valence electrons. The maximum atomic E-state index is 12.7. The highest BCUT2D eigenvalue weighted by atomic mass is 19.1. The van der Waals surface area contributed by atoms with Crippen molar-refractivity contribution < 1.29 is 4.39 Å². The van der Waals surface area contributed by atoms with E-state index in [1.165, 1.54) is 12.1 Å². The summed E-state index contributed by atoms with van der Waals surface area (Å²) in [5.41, 5.74) is 6.06. The van der Waals surface area contributed by atoms with Crippen molar-refractivity contribution in [3.63, 3.8) is 0 Å². The Hall–Kier alpha value is -1.58. The van der Waals surface area contributed by atoms with E-state index in [0.717, 1.165) is 5.56 Å². The van der Waals surface area contributed by atoms with Gasteiger partial charge in [0.2, 0.25) is 0 Å². The summed E-state index contributed by atoms with van der Waals surface area (Å²) in [6.07, 6.45) is 0. The average Bonchev–Trinajstić information content (AvgIpc) is 2.17. The molecule has 0 atom stereocenters. The summed E-state index contributed by atoms with van der Waals surface area (Å²) in [5.74, 6) is 5.17. The SMILES string of the molecule is CC(C)(C(N)=NN)c1ccc(F)cc1. The molecule has 3 nitrogen and oxygen atoms in total. The van der Waals surface area contributed by atoms with Crippen LogP contribution < -0.4 is 11.6 Å². The largest absolute Gasteiger partial charge is 0.385 e. The van der Waals surface area contributed by atoms with Crippen molar-refractivity contribution in [2.45, 2.75) is 19.3 Å². The maximum absolute atomic E-state index is 12.7. The second kappa shape index (κ2) is 3.65. The fourth-order valence-corrected chi connectivity index (χ4v) is 1.18. The van der Waals surface area contributed by atoms with Crippen LogP contribution in [0.4, 0.5) is 4.39 Å². The van der Waals surface area contributed by atoms with Crippen molar-refractivity contribution in [3.8, 4) is 0 Å². The average molecular weight is 195 g/mol. The third kappa shape index (κ3) is 1.84. The Morgan fingerprint density at radius 1 is 1.29 bits per heavy atom. The molecule has 0 aromatic heterocycles. The summed E-state index contributed by atoms with van der Waals surface area (Å²) < 4.78 is 12.7. The number of hydrogen-bond donors (Lipinski definition) is 2. The van der Waals surface area contributed by atoms with E-state index < -0.39 is 5.41 Å². The van der Waals surface area contributed by atoms with Crippen molar-refractivity contribution in [2.24, 2.45) is 16.7 Å². The molecule has 0 aliphatic carbocycles. The standard InChI is InChI=1S/C10H14FN3/c1-10(2,9(12)14-13)7-3-5-8(11)6-4-7/h3-6H,13H2,1-2H3,(H2,12,14). The number of hydrogen-bond acceptors (Lipinski definition) is 2. The fraction of sp³-hybridized carbons (Fsp3) is 0.300. The van der Waals surface area contributed by atoms with E-state index in [-0.39, 0.29) is 5.82 Å². The Kier molecular flexibility index (Phi) is 2.74. The molecule has 14 heavy (non-hydrogen) atoms. The lowest BCUT2D eigenvalue weighted by molar-refractivity contribution is 0.623. The van der Waals surface area contributed by atoms with E-state index in [4.69, 9.17) is 11.6 Å². The minimum atomic E-state index is -0.470. The third-order valence-electron chi connectivity index (χ3n) is 2.35.